The van der Waals surface area contributed by atoms with Crippen molar-refractivity contribution >= 4 is 29.0 Å². The van der Waals surface area contributed by atoms with Crippen molar-refractivity contribution in [3.8, 4) is 11.4 Å². The molecule has 8 nitrogen and oxygen atoms in total. The Kier molecular flexibility index (Phi) is 5.09. The predicted octanol–water partition coefficient (Wildman–Crippen LogP) is 4.00. The SMILES string of the molecule is CCn1c(Sc2nc(C(C)C)ns2)nnc1-c1ccc([N+](=O)[O-])cc1. The number of aromatic nitrogens is 5. The summed E-state index contributed by atoms with van der Waals surface area (Å²) in [4.78, 5) is 14.9. The van der Waals surface area contributed by atoms with E-state index in [0.717, 1.165) is 20.9 Å². The zero-order valence-corrected chi connectivity index (χ0v) is 15.5. The second kappa shape index (κ2) is 7.28. The Labute approximate surface area is 152 Å². The van der Waals surface area contributed by atoms with Gasteiger partial charge >= 0.3 is 0 Å². The molecule has 0 aliphatic carbocycles. The number of non-ortho nitro benzene ring substituents is 1. The van der Waals surface area contributed by atoms with Gasteiger partial charge in [0, 0.05) is 30.2 Å². The van der Waals surface area contributed by atoms with Crippen LogP contribution in [0.4, 0.5) is 5.69 Å². The van der Waals surface area contributed by atoms with E-state index in [1.54, 1.807) is 12.1 Å². The van der Waals surface area contributed by atoms with Crippen molar-refractivity contribution in [2.45, 2.75) is 42.7 Å². The van der Waals surface area contributed by atoms with E-state index >= 15 is 0 Å². The van der Waals surface area contributed by atoms with Crippen LogP contribution < -0.4 is 0 Å². The maximum Gasteiger partial charge on any atom is 0.269 e. The summed E-state index contributed by atoms with van der Waals surface area (Å²) < 4.78 is 7.13. The highest BCUT2D eigenvalue weighted by Crippen LogP contribution is 2.31. The summed E-state index contributed by atoms with van der Waals surface area (Å²) in [5.74, 6) is 1.78. The molecule has 0 unspecified atom stereocenters. The number of nitro groups is 1. The maximum atomic E-state index is 10.8. The van der Waals surface area contributed by atoms with Gasteiger partial charge in [0.05, 0.1) is 4.92 Å². The lowest BCUT2D eigenvalue weighted by Crippen LogP contribution is -1.99. The summed E-state index contributed by atoms with van der Waals surface area (Å²) in [6.07, 6.45) is 0. The molecule has 25 heavy (non-hydrogen) atoms. The fourth-order valence-electron chi connectivity index (χ4n) is 2.17. The minimum atomic E-state index is -0.419. The minimum Gasteiger partial charge on any atom is -0.302 e. The molecule has 0 saturated carbocycles. The molecule has 2 heterocycles. The van der Waals surface area contributed by atoms with Gasteiger partial charge in [0.1, 0.15) is 5.82 Å². The van der Waals surface area contributed by atoms with Crippen molar-refractivity contribution in [1.29, 1.82) is 0 Å². The molecule has 1 aromatic carbocycles. The molecule has 3 aromatic rings. The average molecular weight is 376 g/mol. The smallest absolute Gasteiger partial charge is 0.269 e. The molecule has 0 bridgehead atoms. The van der Waals surface area contributed by atoms with Crippen molar-refractivity contribution in [3.05, 3.63) is 40.2 Å². The monoisotopic (exact) mass is 376 g/mol. The predicted molar refractivity (Wildman–Crippen MR) is 95.9 cm³/mol. The zero-order valence-electron chi connectivity index (χ0n) is 13.9. The Balaban J connectivity index is 1.88. The fourth-order valence-corrected chi connectivity index (χ4v) is 3.91. The third-order valence-corrected chi connectivity index (χ3v) is 5.24. The molecular weight excluding hydrogens is 360 g/mol. The van der Waals surface area contributed by atoms with E-state index in [0.29, 0.717) is 12.4 Å². The standard InChI is InChI=1S/C15H16N6O2S2/c1-4-20-13(10-5-7-11(8-6-10)21(22)23)17-18-14(20)24-15-16-12(9(2)3)19-25-15/h5-9H,4H2,1-3H3. The Morgan fingerprint density at radius 2 is 2.00 bits per heavy atom. The van der Waals surface area contributed by atoms with Crippen LogP contribution in [0.25, 0.3) is 11.4 Å². The Morgan fingerprint density at radius 1 is 1.28 bits per heavy atom. The van der Waals surface area contributed by atoms with Gasteiger partial charge in [-0.25, -0.2) is 4.98 Å². The molecule has 130 valence electrons. The molecule has 2 aromatic heterocycles. The third kappa shape index (κ3) is 3.69. The van der Waals surface area contributed by atoms with Crippen LogP contribution in [0.2, 0.25) is 0 Å². The van der Waals surface area contributed by atoms with Crippen LogP contribution in [0.15, 0.2) is 33.8 Å². The number of nitrogens with zero attached hydrogens (tertiary/aromatic N) is 6. The van der Waals surface area contributed by atoms with Crippen LogP contribution in [0.3, 0.4) is 0 Å². The second-order valence-electron chi connectivity index (χ2n) is 5.53. The van der Waals surface area contributed by atoms with Crippen molar-refractivity contribution in [1.82, 2.24) is 24.1 Å². The van der Waals surface area contributed by atoms with Crippen molar-refractivity contribution in [3.63, 3.8) is 0 Å². The lowest BCUT2D eigenvalue weighted by atomic mass is 10.2. The van der Waals surface area contributed by atoms with Crippen LogP contribution in [0.5, 0.6) is 0 Å². The molecule has 0 saturated heterocycles. The van der Waals surface area contributed by atoms with E-state index in [9.17, 15) is 10.1 Å². The van der Waals surface area contributed by atoms with E-state index in [1.807, 2.05) is 11.5 Å². The number of rotatable bonds is 6. The zero-order chi connectivity index (χ0) is 18.0. The first-order valence-electron chi connectivity index (χ1n) is 7.69. The highest BCUT2D eigenvalue weighted by Gasteiger charge is 2.17. The van der Waals surface area contributed by atoms with Gasteiger partial charge in [0.15, 0.2) is 15.3 Å². The Morgan fingerprint density at radius 3 is 2.56 bits per heavy atom. The van der Waals surface area contributed by atoms with Crippen LogP contribution >= 0.6 is 23.3 Å². The van der Waals surface area contributed by atoms with Crippen molar-refractivity contribution in [2.75, 3.05) is 0 Å². The Hall–Kier alpha value is -2.33. The first-order valence-corrected chi connectivity index (χ1v) is 9.28. The summed E-state index contributed by atoms with van der Waals surface area (Å²) in [6, 6.07) is 6.31. The summed E-state index contributed by atoms with van der Waals surface area (Å²) in [5, 5.41) is 20.0. The van der Waals surface area contributed by atoms with Gasteiger partial charge in [0.25, 0.3) is 5.69 Å². The number of benzene rings is 1. The topological polar surface area (TPSA) is 99.6 Å². The van der Waals surface area contributed by atoms with Gasteiger partial charge < -0.3 is 4.57 Å². The van der Waals surface area contributed by atoms with Crippen LogP contribution in [0, 0.1) is 10.1 Å². The van der Waals surface area contributed by atoms with E-state index in [1.165, 1.54) is 35.4 Å². The molecule has 10 heteroatoms. The quantitative estimate of drug-likeness (QED) is 0.473. The fraction of sp³-hybridized carbons (Fsp3) is 0.333. The first-order chi connectivity index (χ1) is 12.0. The highest BCUT2D eigenvalue weighted by atomic mass is 32.2. The molecule has 0 spiro atoms. The molecule has 3 rings (SSSR count). The van der Waals surface area contributed by atoms with Gasteiger partial charge in [-0.1, -0.05) is 13.8 Å². The van der Waals surface area contributed by atoms with Crippen LogP contribution in [-0.4, -0.2) is 29.0 Å². The Bertz CT molecular complexity index is 888. The molecule has 0 aliphatic rings. The van der Waals surface area contributed by atoms with Crippen LogP contribution in [0.1, 0.15) is 32.5 Å². The van der Waals surface area contributed by atoms with E-state index in [4.69, 9.17) is 0 Å². The molecule has 0 amide bonds. The van der Waals surface area contributed by atoms with Crippen molar-refractivity contribution < 1.29 is 4.92 Å². The van der Waals surface area contributed by atoms with Gasteiger partial charge in [-0.05, 0) is 42.4 Å². The average Bonchev–Trinajstić information content (AvgIpc) is 3.22. The molecule has 0 aliphatic heterocycles. The largest absolute Gasteiger partial charge is 0.302 e. The molecule has 0 atom stereocenters. The second-order valence-corrected chi connectivity index (χ2v) is 7.50. The van der Waals surface area contributed by atoms with Crippen molar-refractivity contribution in [2.24, 2.45) is 0 Å². The van der Waals surface area contributed by atoms with E-state index < -0.39 is 4.92 Å². The molecule has 0 radical (unpaired) electrons. The number of hydrogen-bond acceptors (Lipinski definition) is 8. The minimum absolute atomic E-state index is 0.0518. The lowest BCUT2D eigenvalue weighted by Gasteiger charge is -2.06. The maximum absolute atomic E-state index is 10.8. The molecule has 0 N–H and O–H groups in total. The van der Waals surface area contributed by atoms with Gasteiger partial charge in [-0.3, -0.25) is 10.1 Å². The third-order valence-electron chi connectivity index (χ3n) is 3.49. The summed E-state index contributed by atoms with van der Waals surface area (Å²) in [7, 11) is 0. The molecule has 0 fully saturated rings. The number of nitro benzene ring substituents is 1. The van der Waals surface area contributed by atoms with Gasteiger partial charge in [0.2, 0.25) is 0 Å². The van der Waals surface area contributed by atoms with Crippen LogP contribution in [-0.2, 0) is 6.54 Å². The number of hydrogen-bond donors (Lipinski definition) is 0. The summed E-state index contributed by atoms with van der Waals surface area (Å²) in [6.45, 7) is 6.79. The van der Waals surface area contributed by atoms with Gasteiger partial charge in [-0.15, -0.1) is 10.2 Å². The van der Waals surface area contributed by atoms with E-state index in [-0.39, 0.29) is 11.6 Å². The summed E-state index contributed by atoms with van der Waals surface area (Å²) >= 11 is 2.77. The lowest BCUT2D eigenvalue weighted by molar-refractivity contribution is -0.384. The highest BCUT2D eigenvalue weighted by molar-refractivity contribution is 8.00. The summed E-state index contributed by atoms with van der Waals surface area (Å²) in [5.41, 5.74) is 0.836. The first kappa shape index (κ1) is 17.5. The molecular formula is C15H16N6O2S2. The van der Waals surface area contributed by atoms with E-state index in [2.05, 4.69) is 33.4 Å². The van der Waals surface area contributed by atoms with Gasteiger partial charge in [-0.2, -0.15) is 4.37 Å². The normalized spacial score (nSPS) is 11.2.